The van der Waals surface area contributed by atoms with Crippen LogP contribution in [0, 0.1) is 24.7 Å². The summed E-state index contributed by atoms with van der Waals surface area (Å²) < 4.78 is 7.46. The van der Waals surface area contributed by atoms with Gasteiger partial charge in [-0.15, -0.1) is 0 Å². The van der Waals surface area contributed by atoms with Crippen LogP contribution in [0.3, 0.4) is 0 Å². The normalized spacial score (nSPS) is 23.4. The molecule has 3 fully saturated rings. The van der Waals surface area contributed by atoms with Gasteiger partial charge in [-0.1, -0.05) is 12.1 Å². The number of carbonyl (C=O) groups is 2. The number of likely N-dealkylation sites (tertiary alicyclic amines) is 1. The first-order chi connectivity index (χ1) is 23.0. The van der Waals surface area contributed by atoms with E-state index < -0.39 is 0 Å². The summed E-state index contributed by atoms with van der Waals surface area (Å²) in [7, 11) is 1.72. The number of rotatable bonds is 9. The summed E-state index contributed by atoms with van der Waals surface area (Å²) in [6.45, 7) is 10.1. The molecule has 48 heavy (non-hydrogen) atoms. The predicted octanol–water partition coefficient (Wildman–Crippen LogP) is 6.72. The third-order valence-electron chi connectivity index (χ3n) is 10.9. The maximum atomic E-state index is 14.4. The number of anilines is 1. The van der Waals surface area contributed by atoms with Crippen LogP contribution in [0.5, 0.6) is 5.75 Å². The van der Waals surface area contributed by atoms with Crippen molar-refractivity contribution in [3.05, 3.63) is 60.0 Å². The molecule has 258 valence electrons. The molecule has 0 bridgehead atoms. The SMILES string of the molecule is COc1ccc(C2CCC(CN(C(=O)C3CCC(CC(=O)N4CC(O)C4)CC3)c3cc(-c4cnn(C(C)(C)C)c4)ccn3)CC2)cc1C. The van der Waals surface area contributed by atoms with Gasteiger partial charge in [0.05, 0.1) is 24.9 Å². The molecule has 6 rings (SSSR count). The molecule has 0 atom stereocenters. The van der Waals surface area contributed by atoms with Crippen LogP contribution in [0.4, 0.5) is 5.82 Å². The first-order valence-corrected chi connectivity index (χ1v) is 17.9. The monoisotopic (exact) mass is 655 g/mol. The molecule has 0 radical (unpaired) electrons. The standard InChI is InChI=1S/C39H53N5O4/c1-26-18-31(14-15-35(26)48-5)29-10-8-28(9-11-29)22-43(36-20-32(16-17-40-36)33-21-41-44(23-33)39(2,3)4)38(47)30-12-6-27(7-13-30)19-37(46)42-24-34(45)25-42/h14-18,20-21,23,27-30,34,45H,6-13,19,22,24-25H2,1-5H3. The number of nitrogens with zero attached hydrogens (tertiary/aromatic N) is 5. The Bertz CT molecular complexity index is 1570. The Morgan fingerprint density at radius 1 is 0.958 bits per heavy atom. The van der Waals surface area contributed by atoms with Crippen molar-refractivity contribution in [2.75, 3.05) is 31.6 Å². The summed E-state index contributed by atoms with van der Waals surface area (Å²) in [6.07, 6.45) is 13.6. The molecule has 2 saturated carbocycles. The van der Waals surface area contributed by atoms with Crippen molar-refractivity contribution in [3.63, 3.8) is 0 Å². The molecule has 9 nitrogen and oxygen atoms in total. The average molecular weight is 656 g/mol. The van der Waals surface area contributed by atoms with E-state index >= 15 is 0 Å². The lowest BCUT2D eigenvalue weighted by Gasteiger charge is -2.38. The molecule has 9 heteroatoms. The molecule has 2 amide bonds. The van der Waals surface area contributed by atoms with Crippen molar-refractivity contribution >= 4 is 17.6 Å². The van der Waals surface area contributed by atoms with E-state index in [9.17, 15) is 14.7 Å². The molecule has 3 aliphatic rings. The minimum absolute atomic E-state index is 0.0742. The zero-order valence-corrected chi connectivity index (χ0v) is 29.4. The molecule has 0 spiro atoms. The molecule has 2 aromatic heterocycles. The third-order valence-corrected chi connectivity index (χ3v) is 10.9. The van der Waals surface area contributed by atoms with E-state index in [1.54, 1.807) is 12.0 Å². The van der Waals surface area contributed by atoms with E-state index in [0.29, 0.717) is 49.6 Å². The highest BCUT2D eigenvalue weighted by Gasteiger charge is 2.35. The third kappa shape index (κ3) is 7.77. The molecule has 1 N–H and O–H groups in total. The Kier molecular flexibility index (Phi) is 10.3. The lowest BCUT2D eigenvalue weighted by Crippen LogP contribution is -2.53. The number of benzene rings is 1. The molecule has 1 aliphatic heterocycles. The summed E-state index contributed by atoms with van der Waals surface area (Å²) >= 11 is 0. The van der Waals surface area contributed by atoms with Gasteiger partial charge in [0.1, 0.15) is 11.6 Å². The summed E-state index contributed by atoms with van der Waals surface area (Å²) in [5, 5.41) is 14.2. The molecule has 3 heterocycles. The van der Waals surface area contributed by atoms with Crippen molar-refractivity contribution in [3.8, 4) is 16.9 Å². The minimum atomic E-state index is -0.378. The number of amides is 2. The predicted molar refractivity (Wildman–Crippen MR) is 188 cm³/mol. The summed E-state index contributed by atoms with van der Waals surface area (Å²) in [6, 6.07) is 10.6. The van der Waals surface area contributed by atoms with Crippen molar-refractivity contribution in [1.82, 2.24) is 19.7 Å². The van der Waals surface area contributed by atoms with Gasteiger partial charge in [-0.05, 0) is 132 Å². The Balaban J connectivity index is 1.16. The van der Waals surface area contributed by atoms with Crippen LogP contribution < -0.4 is 9.64 Å². The first kappa shape index (κ1) is 34.2. The number of hydrogen-bond donors (Lipinski definition) is 1. The van der Waals surface area contributed by atoms with Gasteiger partial charge in [-0.3, -0.25) is 19.2 Å². The summed E-state index contributed by atoms with van der Waals surface area (Å²) in [5.41, 5.74) is 4.44. The van der Waals surface area contributed by atoms with Gasteiger partial charge in [0, 0.05) is 49.9 Å². The second-order valence-electron chi connectivity index (χ2n) is 15.5. The van der Waals surface area contributed by atoms with Crippen LogP contribution in [0.15, 0.2) is 48.9 Å². The number of aliphatic hydroxyl groups excluding tert-OH is 1. The minimum Gasteiger partial charge on any atom is -0.496 e. The number of pyridine rings is 1. The first-order valence-electron chi connectivity index (χ1n) is 17.9. The van der Waals surface area contributed by atoms with Gasteiger partial charge in [0.2, 0.25) is 11.8 Å². The maximum absolute atomic E-state index is 14.4. The molecule has 0 unspecified atom stereocenters. The topological polar surface area (TPSA) is 101 Å². The van der Waals surface area contributed by atoms with Crippen LogP contribution in [-0.2, 0) is 15.1 Å². The lowest BCUT2D eigenvalue weighted by molar-refractivity contribution is -0.142. The van der Waals surface area contributed by atoms with Gasteiger partial charge < -0.3 is 14.7 Å². The number of aromatic nitrogens is 3. The van der Waals surface area contributed by atoms with Gasteiger partial charge in [-0.2, -0.15) is 5.10 Å². The van der Waals surface area contributed by atoms with Crippen LogP contribution >= 0.6 is 0 Å². The second kappa shape index (κ2) is 14.4. The fraction of sp³-hybridized carbons (Fsp3) is 0.590. The number of aliphatic hydroxyl groups is 1. The highest BCUT2D eigenvalue weighted by atomic mass is 16.5. The number of carbonyl (C=O) groups excluding carboxylic acids is 2. The number of ether oxygens (including phenoxy) is 1. The molecular weight excluding hydrogens is 602 g/mol. The number of aryl methyl sites for hydroxylation is 1. The Hall–Kier alpha value is -3.72. The fourth-order valence-electron chi connectivity index (χ4n) is 7.84. The molecular formula is C39H53N5O4. The van der Waals surface area contributed by atoms with E-state index in [-0.39, 0.29) is 29.4 Å². The second-order valence-corrected chi connectivity index (χ2v) is 15.5. The van der Waals surface area contributed by atoms with Crippen LogP contribution in [0.2, 0.25) is 0 Å². The molecule has 3 aromatic rings. The van der Waals surface area contributed by atoms with Gasteiger partial charge in [-0.25, -0.2) is 4.98 Å². The highest BCUT2D eigenvalue weighted by molar-refractivity contribution is 5.94. The van der Waals surface area contributed by atoms with Crippen LogP contribution in [-0.4, -0.2) is 69.4 Å². The summed E-state index contributed by atoms with van der Waals surface area (Å²) in [5.74, 6) is 3.08. The fourth-order valence-corrected chi connectivity index (χ4v) is 7.84. The van der Waals surface area contributed by atoms with E-state index in [1.165, 1.54) is 11.1 Å². The average Bonchev–Trinajstić information content (AvgIpc) is 3.58. The van der Waals surface area contributed by atoms with E-state index in [0.717, 1.165) is 68.2 Å². The summed E-state index contributed by atoms with van der Waals surface area (Å²) in [4.78, 5) is 35.6. The van der Waals surface area contributed by atoms with Crippen molar-refractivity contribution in [2.45, 2.75) is 103 Å². The number of β-amino-alcohol motifs (C(OH)–C–C–N with tert-alkyl or cyclic N) is 1. The Morgan fingerprint density at radius 3 is 2.29 bits per heavy atom. The smallest absolute Gasteiger partial charge is 0.231 e. The Labute approximate surface area is 285 Å². The van der Waals surface area contributed by atoms with Crippen LogP contribution in [0.1, 0.15) is 95.6 Å². The van der Waals surface area contributed by atoms with Crippen molar-refractivity contribution in [1.29, 1.82) is 0 Å². The number of hydrogen-bond acceptors (Lipinski definition) is 6. The van der Waals surface area contributed by atoms with E-state index in [2.05, 4.69) is 63.3 Å². The molecule has 1 aromatic carbocycles. The zero-order chi connectivity index (χ0) is 34.0. The van der Waals surface area contributed by atoms with Crippen molar-refractivity contribution < 1.29 is 19.4 Å². The largest absolute Gasteiger partial charge is 0.496 e. The Morgan fingerprint density at radius 2 is 1.67 bits per heavy atom. The van der Waals surface area contributed by atoms with Crippen LogP contribution in [0.25, 0.3) is 11.1 Å². The van der Waals surface area contributed by atoms with Gasteiger partial charge >= 0.3 is 0 Å². The van der Waals surface area contributed by atoms with E-state index in [1.807, 2.05) is 28.0 Å². The number of methoxy groups -OCH3 is 1. The van der Waals surface area contributed by atoms with E-state index in [4.69, 9.17) is 9.72 Å². The maximum Gasteiger partial charge on any atom is 0.231 e. The highest BCUT2D eigenvalue weighted by Crippen LogP contribution is 2.39. The quantitative estimate of drug-likeness (QED) is 0.275. The lowest BCUT2D eigenvalue weighted by atomic mass is 9.77. The van der Waals surface area contributed by atoms with Gasteiger partial charge in [0.15, 0.2) is 0 Å². The molecule has 1 saturated heterocycles. The van der Waals surface area contributed by atoms with Gasteiger partial charge in [0.25, 0.3) is 0 Å². The molecule has 2 aliphatic carbocycles. The zero-order valence-electron chi connectivity index (χ0n) is 29.4. The van der Waals surface area contributed by atoms with Crippen molar-refractivity contribution in [2.24, 2.45) is 17.8 Å².